The van der Waals surface area contributed by atoms with Crippen LogP contribution in [0.15, 0.2) is 17.0 Å². The summed E-state index contributed by atoms with van der Waals surface area (Å²) in [6, 6.07) is 1.92. The molecule has 1 aliphatic carbocycles. The number of nitrogens with two attached hydrogens (primary N) is 1. The Morgan fingerprint density at radius 3 is 2.54 bits per heavy atom. The Kier molecular flexibility index (Phi) is 4.35. The van der Waals surface area contributed by atoms with Crippen molar-refractivity contribution in [2.75, 3.05) is 6.54 Å². The lowest BCUT2D eigenvalue weighted by molar-refractivity contribution is -0.121. The van der Waals surface area contributed by atoms with Gasteiger partial charge in [0.15, 0.2) is 0 Å². The summed E-state index contributed by atoms with van der Waals surface area (Å²) in [7, 11) is -3.96. The van der Waals surface area contributed by atoms with Gasteiger partial charge in [-0.3, -0.25) is 4.79 Å². The predicted octanol–water partition coefficient (Wildman–Crippen LogP) is 0.902. The van der Waals surface area contributed by atoms with Gasteiger partial charge in [0, 0.05) is 6.54 Å². The number of benzene rings is 1. The number of amides is 1. The van der Waals surface area contributed by atoms with Gasteiger partial charge in [-0.25, -0.2) is 13.2 Å². The van der Waals surface area contributed by atoms with E-state index in [1.54, 1.807) is 6.07 Å². The SMILES string of the molecule is NC(=O)[C@H]1CCCN1S(=O)(=O)c1cc(C(=O)O)cc2c1CCCC2. The summed E-state index contributed by atoms with van der Waals surface area (Å²) in [5.41, 5.74) is 6.76. The minimum absolute atomic E-state index is 0.0188. The standard InChI is InChI=1S/C16H20N2O5S/c17-15(19)13-6-3-7-18(13)24(22,23)14-9-11(16(20)21)8-10-4-1-2-5-12(10)14/h8-9,13H,1-7H2,(H2,17,19)(H,20,21)/t13-/m1/s1. The molecule has 1 fully saturated rings. The Balaban J connectivity index is 2.15. The van der Waals surface area contributed by atoms with Crippen molar-refractivity contribution in [2.45, 2.75) is 49.5 Å². The van der Waals surface area contributed by atoms with Gasteiger partial charge in [0.25, 0.3) is 0 Å². The summed E-state index contributed by atoms with van der Waals surface area (Å²) in [6.07, 6.45) is 3.99. The van der Waals surface area contributed by atoms with E-state index in [2.05, 4.69) is 0 Å². The van der Waals surface area contributed by atoms with Crippen LogP contribution in [0.2, 0.25) is 0 Å². The zero-order valence-electron chi connectivity index (χ0n) is 13.2. The Labute approximate surface area is 140 Å². The van der Waals surface area contributed by atoms with Crippen LogP contribution in [0.4, 0.5) is 0 Å². The third kappa shape index (κ3) is 2.80. The van der Waals surface area contributed by atoms with Crippen LogP contribution < -0.4 is 5.73 Å². The number of hydrogen-bond donors (Lipinski definition) is 2. The number of sulfonamides is 1. The zero-order chi connectivity index (χ0) is 17.5. The number of carbonyl (C=O) groups excluding carboxylic acids is 1. The summed E-state index contributed by atoms with van der Waals surface area (Å²) in [5.74, 6) is -1.83. The molecule has 3 N–H and O–H groups in total. The molecule has 0 bridgehead atoms. The highest BCUT2D eigenvalue weighted by Gasteiger charge is 2.40. The van der Waals surface area contributed by atoms with Crippen molar-refractivity contribution >= 4 is 21.9 Å². The first-order valence-electron chi connectivity index (χ1n) is 8.02. The molecule has 24 heavy (non-hydrogen) atoms. The van der Waals surface area contributed by atoms with Gasteiger partial charge >= 0.3 is 5.97 Å². The van der Waals surface area contributed by atoms with Crippen LogP contribution in [0.25, 0.3) is 0 Å². The lowest BCUT2D eigenvalue weighted by Gasteiger charge is -2.26. The van der Waals surface area contributed by atoms with E-state index < -0.39 is 27.9 Å². The van der Waals surface area contributed by atoms with E-state index in [9.17, 15) is 23.1 Å². The maximum atomic E-state index is 13.1. The molecule has 0 aromatic heterocycles. The van der Waals surface area contributed by atoms with Crippen LogP contribution in [0.3, 0.4) is 0 Å². The second-order valence-electron chi connectivity index (χ2n) is 6.30. The van der Waals surface area contributed by atoms with E-state index in [0.717, 1.165) is 22.7 Å². The normalized spacial score (nSPS) is 21.4. The van der Waals surface area contributed by atoms with E-state index in [1.807, 2.05) is 0 Å². The minimum Gasteiger partial charge on any atom is -0.478 e. The highest BCUT2D eigenvalue weighted by Crippen LogP contribution is 2.33. The molecule has 8 heteroatoms. The number of nitrogens with zero attached hydrogens (tertiary/aromatic N) is 1. The molecular formula is C16H20N2O5S. The van der Waals surface area contributed by atoms with Crippen LogP contribution in [0, 0.1) is 0 Å². The fraction of sp³-hybridized carbons (Fsp3) is 0.500. The topological polar surface area (TPSA) is 118 Å². The van der Waals surface area contributed by atoms with Crippen LogP contribution in [-0.4, -0.2) is 42.3 Å². The van der Waals surface area contributed by atoms with Gasteiger partial charge in [0.1, 0.15) is 6.04 Å². The molecule has 130 valence electrons. The van der Waals surface area contributed by atoms with Crippen LogP contribution in [-0.2, 0) is 27.7 Å². The van der Waals surface area contributed by atoms with Crippen molar-refractivity contribution in [3.8, 4) is 0 Å². The van der Waals surface area contributed by atoms with Crippen LogP contribution in [0.1, 0.15) is 47.2 Å². The van der Waals surface area contributed by atoms with E-state index in [1.165, 1.54) is 6.07 Å². The monoisotopic (exact) mass is 352 g/mol. The summed E-state index contributed by atoms with van der Waals surface area (Å²) in [5, 5.41) is 9.30. The molecule has 0 unspecified atom stereocenters. The van der Waals surface area contributed by atoms with Crippen molar-refractivity contribution in [3.63, 3.8) is 0 Å². The molecule has 1 aromatic carbocycles. The molecule has 7 nitrogen and oxygen atoms in total. The van der Waals surface area contributed by atoms with Gasteiger partial charge in [-0.15, -0.1) is 0 Å². The molecule has 0 radical (unpaired) electrons. The first-order chi connectivity index (χ1) is 11.3. The van der Waals surface area contributed by atoms with E-state index in [0.29, 0.717) is 31.2 Å². The van der Waals surface area contributed by atoms with Crippen molar-refractivity contribution in [2.24, 2.45) is 5.73 Å². The van der Waals surface area contributed by atoms with Crippen LogP contribution >= 0.6 is 0 Å². The van der Waals surface area contributed by atoms with E-state index in [4.69, 9.17) is 5.73 Å². The fourth-order valence-corrected chi connectivity index (χ4v) is 5.61. The molecule has 1 atom stereocenters. The lowest BCUT2D eigenvalue weighted by atomic mass is 9.90. The first-order valence-corrected chi connectivity index (χ1v) is 9.46. The predicted molar refractivity (Wildman–Crippen MR) is 86.2 cm³/mol. The number of rotatable bonds is 4. The average Bonchev–Trinajstić information content (AvgIpc) is 3.04. The Hall–Kier alpha value is -1.93. The third-order valence-electron chi connectivity index (χ3n) is 4.79. The van der Waals surface area contributed by atoms with Gasteiger partial charge in [-0.05, 0) is 61.8 Å². The van der Waals surface area contributed by atoms with Gasteiger partial charge in [0.05, 0.1) is 10.5 Å². The summed E-state index contributed by atoms with van der Waals surface area (Å²) in [4.78, 5) is 23.0. The number of hydrogen-bond acceptors (Lipinski definition) is 4. The highest BCUT2D eigenvalue weighted by molar-refractivity contribution is 7.89. The number of primary amides is 1. The molecule has 0 spiro atoms. The quantitative estimate of drug-likeness (QED) is 0.835. The number of aryl methyl sites for hydroxylation is 1. The zero-order valence-corrected chi connectivity index (χ0v) is 14.0. The van der Waals surface area contributed by atoms with Crippen LogP contribution in [0.5, 0.6) is 0 Å². The first kappa shape index (κ1) is 16.9. The second-order valence-corrected chi connectivity index (χ2v) is 8.16. The number of aromatic carboxylic acids is 1. The molecule has 2 aliphatic rings. The van der Waals surface area contributed by atoms with Gasteiger partial charge < -0.3 is 10.8 Å². The number of carboxylic acids is 1. The second kappa shape index (κ2) is 6.18. The van der Waals surface area contributed by atoms with E-state index >= 15 is 0 Å². The number of carboxylic acid groups (broad SMARTS) is 1. The smallest absolute Gasteiger partial charge is 0.335 e. The molecule has 3 rings (SSSR count). The maximum Gasteiger partial charge on any atom is 0.335 e. The fourth-order valence-electron chi connectivity index (χ4n) is 3.62. The van der Waals surface area contributed by atoms with Gasteiger partial charge in [0.2, 0.25) is 15.9 Å². The molecule has 0 saturated carbocycles. The Bertz CT molecular complexity index is 803. The molecular weight excluding hydrogens is 332 g/mol. The van der Waals surface area contributed by atoms with Crippen molar-refractivity contribution in [3.05, 3.63) is 28.8 Å². The molecule has 1 heterocycles. The van der Waals surface area contributed by atoms with Gasteiger partial charge in [-0.2, -0.15) is 4.31 Å². The highest BCUT2D eigenvalue weighted by atomic mass is 32.2. The molecule has 1 saturated heterocycles. The Morgan fingerprint density at radius 1 is 1.17 bits per heavy atom. The molecule has 1 aliphatic heterocycles. The summed E-state index contributed by atoms with van der Waals surface area (Å²) >= 11 is 0. The largest absolute Gasteiger partial charge is 0.478 e. The van der Waals surface area contributed by atoms with Crippen molar-refractivity contribution < 1.29 is 23.1 Å². The average molecular weight is 352 g/mol. The maximum absolute atomic E-state index is 13.1. The Morgan fingerprint density at radius 2 is 1.88 bits per heavy atom. The lowest BCUT2D eigenvalue weighted by Crippen LogP contribution is -2.44. The van der Waals surface area contributed by atoms with Crippen molar-refractivity contribution in [1.29, 1.82) is 0 Å². The number of carbonyl (C=O) groups is 2. The molecule has 1 amide bonds. The van der Waals surface area contributed by atoms with E-state index in [-0.39, 0.29) is 17.0 Å². The van der Waals surface area contributed by atoms with Crippen molar-refractivity contribution in [1.82, 2.24) is 4.31 Å². The van der Waals surface area contributed by atoms with Gasteiger partial charge in [-0.1, -0.05) is 0 Å². The minimum atomic E-state index is -3.96. The summed E-state index contributed by atoms with van der Waals surface area (Å²) in [6.45, 7) is 0.224. The summed E-state index contributed by atoms with van der Waals surface area (Å²) < 4.78 is 27.4. The third-order valence-corrected chi connectivity index (χ3v) is 6.76. The molecule has 1 aromatic rings. The number of fused-ring (bicyclic) bond motifs is 1.